The molecule has 1 aromatic rings. The number of hydrogen-bond donors (Lipinski definition) is 1. The largest absolute Gasteiger partial charge is 0.327 e. The van der Waals surface area contributed by atoms with E-state index in [1.54, 1.807) is 0 Å². The van der Waals surface area contributed by atoms with Gasteiger partial charge in [-0.15, -0.1) is 5.10 Å². The fourth-order valence-electron chi connectivity index (χ4n) is 2.93. The lowest BCUT2D eigenvalue weighted by Crippen LogP contribution is -2.35. The van der Waals surface area contributed by atoms with Gasteiger partial charge in [-0.25, -0.2) is 4.68 Å². The lowest BCUT2D eigenvalue weighted by atomic mass is 9.76. The van der Waals surface area contributed by atoms with Crippen LogP contribution in [-0.2, 0) is 6.54 Å². The molecule has 0 aromatic carbocycles. The molecule has 1 aliphatic rings. The summed E-state index contributed by atoms with van der Waals surface area (Å²) in [6.45, 7) is 5.40. The summed E-state index contributed by atoms with van der Waals surface area (Å²) in [6, 6.07) is 0.284. The molecular weight excluding hydrogens is 212 g/mol. The van der Waals surface area contributed by atoms with Gasteiger partial charge in [0.2, 0.25) is 0 Å². The van der Waals surface area contributed by atoms with Crippen molar-refractivity contribution in [2.45, 2.75) is 64.5 Å². The topological polar surface area (TPSA) is 56.7 Å². The molecule has 17 heavy (non-hydrogen) atoms. The maximum Gasteiger partial charge on any atom is 0.0728 e. The highest BCUT2D eigenvalue weighted by atomic mass is 15.4. The number of nitrogens with two attached hydrogens (primary N) is 1. The van der Waals surface area contributed by atoms with Crippen molar-refractivity contribution in [1.29, 1.82) is 0 Å². The highest BCUT2D eigenvalue weighted by Gasteiger charge is 2.30. The molecule has 3 unspecified atom stereocenters. The van der Waals surface area contributed by atoms with E-state index in [1.807, 2.05) is 10.9 Å². The molecule has 0 radical (unpaired) electrons. The van der Waals surface area contributed by atoms with Gasteiger partial charge in [0, 0.05) is 18.5 Å². The second kappa shape index (κ2) is 5.63. The minimum atomic E-state index is 0.284. The number of rotatable bonds is 4. The molecule has 1 heterocycles. The van der Waals surface area contributed by atoms with Gasteiger partial charge in [-0.2, -0.15) is 0 Å². The summed E-state index contributed by atoms with van der Waals surface area (Å²) in [6.07, 6.45) is 7.89. The molecular formula is C13H24N4. The highest BCUT2D eigenvalue weighted by Crippen LogP contribution is 2.36. The molecule has 1 saturated carbocycles. The van der Waals surface area contributed by atoms with Crippen LogP contribution in [0.2, 0.25) is 0 Å². The lowest BCUT2D eigenvalue weighted by Gasteiger charge is -2.33. The van der Waals surface area contributed by atoms with Crippen molar-refractivity contribution in [3.63, 3.8) is 0 Å². The smallest absolute Gasteiger partial charge is 0.0728 e. The fraction of sp³-hybridized carbons (Fsp3) is 0.846. The van der Waals surface area contributed by atoms with Crippen LogP contribution in [0, 0.1) is 5.92 Å². The highest BCUT2D eigenvalue weighted by molar-refractivity contribution is 5.09. The normalized spacial score (nSPS) is 29.5. The van der Waals surface area contributed by atoms with Crippen LogP contribution in [0.1, 0.15) is 57.6 Å². The van der Waals surface area contributed by atoms with Crippen LogP contribution in [0.4, 0.5) is 0 Å². The van der Waals surface area contributed by atoms with Gasteiger partial charge in [0.05, 0.1) is 11.9 Å². The standard InChI is InChI=1S/C13H24N4/c1-3-7-17-13(9-15-16-17)11-8-10(4-2)5-6-12(11)14/h9-12H,3-8,14H2,1-2H3. The second-order valence-corrected chi connectivity index (χ2v) is 5.24. The van der Waals surface area contributed by atoms with Gasteiger partial charge in [-0.3, -0.25) is 0 Å². The Morgan fingerprint density at radius 2 is 2.24 bits per heavy atom. The third-order valence-electron chi connectivity index (χ3n) is 4.05. The molecule has 0 aliphatic heterocycles. The summed E-state index contributed by atoms with van der Waals surface area (Å²) in [7, 11) is 0. The van der Waals surface area contributed by atoms with Crippen LogP contribution >= 0.6 is 0 Å². The minimum absolute atomic E-state index is 0.284. The minimum Gasteiger partial charge on any atom is -0.327 e. The Hall–Kier alpha value is -0.900. The maximum atomic E-state index is 6.28. The summed E-state index contributed by atoms with van der Waals surface area (Å²) in [4.78, 5) is 0. The van der Waals surface area contributed by atoms with E-state index in [-0.39, 0.29) is 6.04 Å². The van der Waals surface area contributed by atoms with Crippen molar-refractivity contribution >= 4 is 0 Å². The zero-order valence-corrected chi connectivity index (χ0v) is 11.0. The van der Waals surface area contributed by atoms with Crippen molar-refractivity contribution < 1.29 is 0 Å². The molecule has 0 bridgehead atoms. The zero-order chi connectivity index (χ0) is 12.3. The van der Waals surface area contributed by atoms with Gasteiger partial charge in [-0.1, -0.05) is 25.5 Å². The summed E-state index contributed by atoms with van der Waals surface area (Å²) in [5.41, 5.74) is 7.53. The van der Waals surface area contributed by atoms with E-state index >= 15 is 0 Å². The van der Waals surface area contributed by atoms with Gasteiger partial charge in [0.25, 0.3) is 0 Å². The molecule has 0 saturated heterocycles. The Kier molecular flexibility index (Phi) is 4.15. The van der Waals surface area contributed by atoms with Crippen molar-refractivity contribution in [3.05, 3.63) is 11.9 Å². The summed E-state index contributed by atoms with van der Waals surface area (Å²) >= 11 is 0. The van der Waals surface area contributed by atoms with E-state index in [2.05, 4.69) is 24.2 Å². The first-order valence-electron chi connectivity index (χ1n) is 6.90. The van der Waals surface area contributed by atoms with Crippen LogP contribution < -0.4 is 5.73 Å². The van der Waals surface area contributed by atoms with Crippen LogP contribution in [0.15, 0.2) is 6.20 Å². The quantitative estimate of drug-likeness (QED) is 0.872. The first-order chi connectivity index (χ1) is 8.26. The van der Waals surface area contributed by atoms with Crippen molar-refractivity contribution in [2.75, 3.05) is 0 Å². The van der Waals surface area contributed by atoms with Crippen LogP contribution in [-0.4, -0.2) is 21.0 Å². The van der Waals surface area contributed by atoms with Crippen molar-refractivity contribution in [3.8, 4) is 0 Å². The van der Waals surface area contributed by atoms with Gasteiger partial charge in [0.1, 0.15) is 0 Å². The second-order valence-electron chi connectivity index (χ2n) is 5.24. The molecule has 3 atom stereocenters. The number of nitrogens with zero attached hydrogens (tertiary/aromatic N) is 3. The Labute approximate surface area is 104 Å². The average Bonchev–Trinajstić information content (AvgIpc) is 2.78. The Morgan fingerprint density at radius 1 is 1.41 bits per heavy atom. The van der Waals surface area contributed by atoms with Gasteiger partial charge < -0.3 is 5.73 Å². The molecule has 96 valence electrons. The van der Waals surface area contributed by atoms with Crippen LogP contribution in [0.5, 0.6) is 0 Å². The maximum absolute atomic E-state index is 6.28. The van der Waals surface area contributed by atoms with E-state index in [1.165, 1.54) is 25.0 Å². The predicted molar refractivity (Wildman–Crippen MR) is 68.7 cm³/mol. The molecule has 4 heteroatoms. The molecule has 0 spiro atoms. The van der Waals surface area contributed by atoms with E-state index in [0.29, 0.717) is 5.92 Å². The zero-order valence-electron chi connectivity index (χ0n) is 11.0. The van der Waals surface area contributed by atoms with Gasteiger partial charge >= 0.3 is 0 Å². The van der Waals surface area contributed by atoms with Gasteiger partial charge in [-0.05, 0) is 31.6 Å². The summed E-state index contributed by atoms with van der Waals surface area (Å²) in [5.74, 6) is 1.28. The first kappa shape index (κ1) is 12.6. The SMILES string of the molecule is CCCn1nncc1C1CC(CC)CCC1N. The van der Waals surface area contributed by atoms with E-state index in [9.17, 15) is 0 Å². The van der Waals surface area contributed by atoms with E-state index < -0.39 is 0 Å². The fourth-order valence-corrected chi connectivity index (χ4v) is 2.93. The van der Waals surface area contributed by atoms with Crippen LogP contribution in [0.25, 0.3) is 0 Å². The Morgan fingerprint density at radius 3 is 2.94 bits per heavy atom. The summed E-state index contributed by atoms with van der Waals surface area (Å²) in [5, 5.41) is 8.24. The monoisotopic (exact) mass is 236 g/mol. The number of aromatic nitrogens is 3. The molecule has 2 N–H and O–H groups in total. The van der Waals surface area contributed by atoms with E-state index in [0.717, 1.165) is 25.3 Å². The first-order valence-corrected chi connectivity index (χ1v) is 6.90. The van der Waals surface area contributed by atoms with E-state index in [4.69, 9.17) is 5.73 Å². The molecule has 1 aliphatic carbocycles. The average molecular weight is 236 g/mol. The van der Waals surface area contributed by atoms with Crippen LogP contribution in [0.3, 0.4) is 0 Å². The Bertz CT molecular complexity index is 347. The molecule has 4 nitrogen and oxygen atoms in total. The Balaban J connectivity index is 2.15. The summed E-state index contributed by atoms with van der Waals surface area (Å²) < 4.78 is 2.04. The lowest BCUT2D eigenvalue weighted by molar-refractivity contribution is 0.272. The predicted octanol–water partition coefficient (Wildman–Crippen LogP) is 2.31. The molecule has 0 amide bonds. The molecule has 1 aromatic heterocycles. The van der Waals surface area contributed by atoms with Crippen molar-refractivity contribution in [2.24, 2.45) is 11.7 Å². The molecule has 2 rings (SSSR count). The van der Waals surface area contributed by atoms with Gasteiger partial charge in [0.15, 0.2) is 0 Å². The third-order valence-corrected chi connectivity index (χ3v) is 4.05. The van der Waals surface area contributed by atoms with Crippen molar-refractivity contribution in [1.82, 2.24) is 15.0 Å². The number of aryl methyl sites for hydroxylation is 1. The number of hydrogen-bond acceptors (Lipinski definition) is 3. The third kappa shape index (κ3) is 2.68. The molecule has 1 fully saturated rings.